The van der Waals surface area contributed by atoms with Crippen LogP contribution >= 0.6 is 0 Å². The van der Waals surface area contributed by atoms with Crippen LogP contribution in [0.25, 0.3) is 0 Å². The molecule has 0 aliphatic heterocycles. The van der Waals surface area contributed by atoms with Crippen LogP contribution in [0.1, 0.15) is 20.8 Å². The molecule has 0 aliphatic rings. The third-order valence-electron chi connectivity index (χ3n) is 4.09. The van der Waals surface area contributed by atoms with E-state index in [0.29, 0.717) is 11.5 Å². The van der Waals surface area contributed by atoms with Gasteiger partial charge in [0.2, 0.25) is 0 Å². The lowest BCUT2D eigenvalue weighted by Crippen LogP contribution is -2.27. The summed E-state index contributed by atoms with van der Waals surface area (Å²) in [5.41, 5.74) is -0.556. The van der Waals surface area contributed by atoms with Crippen molar-refractivity contribution in [1.82, 2.24) is 0 Å². The van der Waals surface area contributed by atoms with E-state index >= 15 is 0 Å². The maximum Gasteiger partial charge on any atom is 0.344 e. The molecule has 0 N–H and O–H groups in total. The van der Waals surface area contributed by atoms with E-state index in [0.717, 1.165) is 4.90 Å². The van der Waals surface area contributed by atoms with E-state index < -0.39 is 11.6 Å². The first-order valence-electron chi connectivity index (χ1n) is 9.74. The second-order valence-electron chi connectivity index (χ2n) is 7.62. The molecule has 0 fully saturated rings. The van der Waals surface area contributed by atoms with E-state index in [4.69, 9.17) is 14.2 Å². The Labute approximate surface area is 181 Å². The van der Waals surface area contributed by atoms with Crippen molar-refractivity contribution in [2.45, 2.75) is 41.1 Å². The quantitative estimate of drug-likeness (QED) is 0.371. The van der Waals surface area contributed by atoms with E-state index in [1.165, 1.54) is 9.79 Å². The maximum atomic E-state index is 12.1. The van der Waals surface area contributed by atoms with E-state index in [1.54, 1.807) is 7.11 Å². The Morgan fingerprint density at radius 3 is 1.87 bits per heavy atom. The molecule has 30 heavy (non-hydrogen) atoms. The summed E-state index contributed by atoms with van der Waals surface area (Å²) in [6.07, 6.45) is 0. The molecule has 0 aromatic heterocycles. The minimum atomic E-state index is -0.556. The molecule has 0 radical (unpaired) electrons. The highest BCUT2D eigenvalue weighted by molar-refractivity contribution is 7.97. The zero-order valence-electron chi connectivity index (χ0n) is 17.8. The molecule has 0 spiro atoms. The van der Waals surface area contributed by atoms with Crippen LogP contribution in [-0.4, -0.2) is 25.3 Å². The number of hydrogen-bond acceptors (Lipinski definition) is 4. The third-order valence-corrected chi connectivity index (χ3v) is 6.31. The van der Waals surface area contributed by atoms with Crippen LogP contribution in [0.3, 0.4) is 0 Å². The Hall–Kier alpha value is -2.92. The van der Waals surface area contributed by atoms with Gasteiger partial charge >= 0.3 is 5.97 Å². The average molecular weight is 424 g/mol. The van der Waals surface area contributed by atoms with E-state index in [9.17, 15) is 4.79 Å². The molecule has 0 saturated heterocycles. The van der Waals surface area contributed by atoms with Gasteiger partial charge in [0.25, 0.3) is 0 Å². The summed E-state index contributed by atoms with van der Waals surface area (Å²) in [6, 6.07) is 26.6. The van der Waals surface area contributed by atoms with Gasteiger partial charge in [-0.1, -0.05) is 36.4 Å². The Balaban J connectivity index is 1.94. The van der Waals surface area contributed by atoms with E-state index in [-0.39, 0.29) is 17.5 Å². The van der Waals surface area contributed by atoms with Crippen molar-refractivity contribution in [3.63, 3.8) is 0 Å². The molecule has 3 rings (SSSR count). The zero-order valence-corrected chi connectivity index (χ0v) is 18.6. The summed E-state index contributed by atoms with van der Waals surface area (Å²) in [5.74, 6) is 0.678. The van der Waals surface area contributed by atoms with Crippen molar-refractivity contribution in [1.29, 1.82) is 0 Å². The number of rotatable bonds is 7. The summed E-state index contributed by atoms with van der Waals surface area (Å²) in [6.45, 7) is 5.31. The highest BCUT2D eigenvalue weighted by atomic mass is 32.2. The first-order valence-corrected chi connectivity index (χ1v) is 11.0. The lowest BCUT2D eigenvalue weighted by atomic mass is 10.2. The van der Waals surface area contributed by atoms with E-state index in [1.807, 2.05) is 75.4 Å². The Bertz CT molecular complexity index is 926. The van der Waals surface area contributed by atoms with Gasteiger partial charge in [0, 0.05) is 6.07 Å². The molecular weight excluding hydrogens is 396 g/mol. The number of ether oxygens (including phenoxy) is 3. The Morgan fingerprint density at radius 2 is 1.37 bits per heavy atom. The fourth-order valence-electron chi connectivity index (χ4n) is 2.93. The summed E-state index contributed by atoms with van der Waals surface area (Å²) in [5, 5.41) is 0. The predicted octanol–water partition coefficient (Wildman–Crippen LogP) is 5.51. The van der Waals surface area contributed by atoms with Crippen molar-refractivity contribution >= 4 is 16.9 Å². The van der Waals surface area contributed by atoms with Gasteiger partial charge in [-0.25, -0.2) is 4.79 Å². The van der Waals surface area contributed by atoms with E-state index in [2.05, 4.69) is 24.3 Å². The van der Waals surface area contributed by atoms with Crippen molar-refractivity contribution < 1.29 is 19.0 Å². The highest BCUT2D eigenvalue weighted by Gasteiger charge is 2.29. The molecular formula is C25H27O4S+. The normalized spacial score (nSPS) is 11.2. The van der Waals surface area contributed by atoms with Crippen LogP contribution < -0.4 is 9.47 Å². The molecule has 0 aliphatic carbocycles. The molecule has 0 heterocycles. The summed E-state index contributed by atoms with van der Waals surface area (Å²) in [7, 11) is 1.27. The molecule has 5 heteroatoms. The van der Waals surface area contributed by atoms with Crippen molar-refractivity contribution in [3.8, 4) is 11.5 Å². The molecule has 0 unspecified atom stereocenters. The molecule has 4 nitrogen and oxygen atoms in total. The number of carbonyl (C=O) groups is 1. The smallest absolute Gasteiger partial charge is 0.344 e. The molecule has 156 valence electrons. The van der Waals surface area contributed by atoms with Crippen LogP contribution in [0.4, 0.5) is 0 Å². The first-order chi connectivity index (χ1) is 14.4. The van der Waals surface area contributed by atoms with Gasteiger partial charge in [0.15, 0.2) is 32.8 Å². The molecule has 0 atom stereocenters. The molecule has 0 saturated carbocycles. The Morgan fingerprint density at radius 1 is 0.800 bits per heavy atom. The van der Waals surface area contributed by atoms with Gasteiger partial charge in [-0.05, 0) is 57.2 Å². The van der Waals surface area contributed by atoms with Crippen LogP contribution in [0, 0.1) is 0 Å². The van der Waals surface area contributed by atoms with Crippen molar-refractivity contribution in [2.24, 2.45) is 0 Å². The van der Waals surface area contributed by atoms with Gasteiger partial charge in [0.1, 0.15) is 5.60 Å². The summed E-state index contributed by atoms with van der Waals surface area (Å²) < 4.78 is 16.6. The Kier molecular flexibility index (Phi) is 7.06. The fourth-order valence-corrected chi connectivity index (χ4v) is 5.03. The number of benzene rings is 3. The monoisotopic (exact) mass is 423 g/mol. The van der Waals surface area contributed by atoms with Gasteiger partial charge < -0.3 is 14.2 Å². The predicted molar refractivity (Wildman–Crippen MR) is 119 cm³/mol. The average Bonchev–Trinajstić information content (AvgIpc) is 2.73. The van der Waals surface area contributed by atoms with Gasteiger partial charge in [-0.3, -0.25) is 0 Å². The minimum Gasteiger partial charge on any atom is -0.493 e. The number of carbonyl (C=O) groups excluding carboxylic acids is 1. The second kappa shape index (κ2) is 9.72. The van der Waals surface area contributed by atoms with Crippen LogP contribution in [0.15, 0.2) is 93.5 Å². The lowest BCUT2D eigenvalue weighted by molar-refractivity contribution is -0.157. The summed E-state index contributed by atoms with van der Waals surface area (Å²) in [4.78, 5) is 15.6. The fraction of sp³-hybridized carbons (Fsp3) is 0.240. The molecule has 3 aromatic carbocycles. The SMILES string of the molecule is COc1ccc([S+](c2ccccc2)c2ccccc2)cc1OCC(=O)OC(C)(C)C. The van der Waals surface area contributed by atoms with Crippen molar-refractivity contribution in [2.75, 3.05) is 13.7 Å². The molecule has 0 amide bonds. The maximum absolute atomic E-state index is 12.1. The second-order valence-corrected chi connectivity index (χ2v) is 9.65. The molecule has 0 bridgehead atoms. The highest BCUT2D eigenvalue weighted by Crippen LogP contribution is 2.36. The zero-order chi connectivity index (χ0) is 21.6. The minimum absolute atomic E-state index is 0.179. The third kappa shape index (κ3) is 5.80. The number of methoxy groups -OCH3 is 1. The molecule has 3 aromatic rings. The number of hydrogen-bond donors (Lipinski definition) is 0. The van der Waals surface area contributed by atoms with Crippen LogP contribution in [0.2, 0.25) is 0 Å². The lowest BCUT2D eigenvalue weighted by Gasteiger charge is -2.20. The van der Waals surface area contributed by atoms with Gasteiger partial charge in [0.05, 0.1) is 18.0 Å². The van der Waals surface area contributed by atoms with Crippen molar-refractivity contribution in [3.05, 3.63) is 78.9 Å². The standard InChI is InChI=1S/C25H27O4S/c1-25(2,3)29-24(26)18-28-23-17-21(15-16-22(23)27-4)30(19-11-7-5-8-12-19)20-13-9-6-10-14-20/h5-17H,18H2,1-4H3/q+1. The van der Waals surface area contributed by atoms with Crippen LogP contribution in [0.5, 0.6) is 11.5 Å². The van der Waals surface area contributed by atoms with Gasteiger partial charge in [-0.15, -0.1) is 0 Å². The van der Waals surface area contributed by atoms with Crippen LogP contribution in [-0.2, 0) is 20.4 Å². The van der Waals surface area contributed by atoms with Gasteiger partial charge in [-0.2, -0.15) is 0 Å². The largest absolute Gasteiger partial charge is 0.493 e. The first kappa shape index (κ1) is 21.8. The topological polar surface area (TPSA) is 44.8 Å². The summed E-state index contributed by atoms with van der Waals surface area (Å²) >= 11 is 0. The number of esters is 1.